The summed E-state index contributed by atoms with van der Waals surface area (Å²) in [6.07, 6.45) is 0. The summed E-state index contributed by atoms with van der Waals surface area (Å²) < 4.78 is 24.7. The first-order chi connectivity index (χ1) is 7.39. The van der Waals surface area contributed by atoms with E-state index >= 15 is 0 Å². The van der Waals surface area contributed by atoms with Gasteiger partial charge in [0.05, 0.1) is 4.90 Å². The number of carbonyl (C=O) groups excluding carboxylic acids is 1. The lowest BCUT2D eigenvalue weighted by Crippen LogP contribution is -2.23. The monoisotopic (exact) mass is 242 g/mol. The molecule has 6 heteroatoms. The topological polar surface area (TPSA) is 66.5 Å². The molecule has 1 aromatic rings. The van der Waals surface area contributed by atoms with E-state index in [0.717, 1.165) is 4.31 Å². The highest BCUT2D eigenvalue weighted by Gasteiger charge is 2.18. The molecule has 1 amide bonds. The Morgan fingerprint density at radius 2 is 1.94 bits per heavy atom. The number of nitrogens with one attached hydrogen (secondary N) is 1. The number of amides is 1. The lowest BCUT2D eigenvalue weighted by Gasteiger charge is -2.11. The first-order valence-electron chi connectivity index (χ1n) is 4.64. The molecule has 0 saturated heterocycles. The predicted octanol–water partition coefficient (Wildman–Crippen LogP) is 0.296. The molecule has 0 spiro atoms. The van der Waals surface area contributed by atoms with Crippen LogP contribution in [0.25, 0.3) is 0 Å². The second-order valence-corrected chi connectivity index (χ2v) is 5.55. The van der Waals surface area contributed by atoms with Crippen molar-refractivity contribution < 1.29 is 13.2 Å². The molecule has 88 valence electrons. The summed E-state index contributed by atoms with van der Waals surface area (Å²) in [4.78, 5) is 11.5. The van der Waals surface area contributed by atoms with Crippen LogP contribution >= 0.6 is 0 Å². The van der Waals surface area contributed by atoms with E-state index < -0.39 is 10.0 Å². The average molecular weight is 242 g/mol. The van der Waals surface area contributed by atoms with Crippen molar-refractivity contribution in [2.75, 3.05) is 21.1 Å². The molecule has 0 aliphatic heterocycles. The van der Waals surface area contributed by atoms with Crippen LogP contribution in [-0.4, -0.2) is 39.8 Å². The standard InChI is InChI=1S/C10H14N2O3S/c1-11-10(13)8-5-4-6-9(7-8)16(14,15)12(2)3/h4-7H,1-3H3,(H,11,13). The third-order valence-corrected chi connectivity index (χ3v) is 3.91. The van der Waals surface area contributed by atoms with Gasteiger partial charge < -0.3 is 5.32 Å². The summed E-state index contributed by atoms with van der Waals surface area (Å²) in [5, 5.41) is 2.44. The first kappa shape index (κ1) is 12.7. The number of hydrogen-bond donors (Lipinski definition) is 1. The molecule has 1 rings (SSSR count). The molecule has 16 heavy (non-hydrogen) atoms. The van der Waals surface area contributed by atoms with Gasteiger partial charge in [-0.2, -0.15) is 0 Å². The molecule has 0 radical (unpaired) electrons. The maximum atomic E-state index is 11.8. The van der Waals surface area contributed by atoms with Gasteiger partial charge >= 0.3 is 0 Å². The zero-order valence-corrected chi connectivity index (χ0v) is 10.2. The number of benzene rings is 1. The summed E-state index contributed by atoms with van der Waals surface area (Å²) in [5.41, 5.74) is 0.324. The zero-order chi connectivity index (χ0) is 12.3. The molecule has 1 aromatic carbocycles. The number of sulfonamides is 1. The van der Waals surface area contributed by atoms with Crippen molar-refractivity contribution in [1.82, 2.24) is 9.62 Å². The molecule has 0 aliphatic carbocycles. The Morgan fingerprint density at radius 1 is 1.31 bits per heavy atom. The van der Waals surface area contributed by atoms with Crippen molar-refractivity contribution in [2.45, 2.75) is 4.90 Å². The van der Waals surface area contributed by atoms with Crippen molar-refractivity contribution in [1.29, 1.82) is 0 Å². The molecule has 0 unspecified atom stereocenters. The summed E-state index contributed by atoms with van der Waals surface area (Å²) in [7, 11) is 0.900. The van der Waals surface area contributed by atoms with E-state index in [1.54, 1.807) is 12.1 Å². The van der Waals surface area contributed by atoms with Crippen molar-refractivity contribution in [3.8, 4) is 0 Å². The SMILES string of the molecule is CNC(=O)c1cccc(S(=O)(=O)N(C)C)c1. The van der Waals surface area contributed by atoms with E-state index in [1.165, 1.54) is 33.3 Å². The van der Waals surface area contributed by atoms with Crippen molar-refractivity contribution in [3.63, 3.8) is 0 Å². The molecule has 0 fully saturated rings. The minimum absolute atomic E-state index is 0.110. The Hall–Kier alpha value is -1.40. The Bertz CT molecular complexity index is 495. The lowest BCUT2D eigenvalue weighted by atomic mass is 10.2. The minimum atomic E-state index is -3.49. The quantitative estimate of drug-likeness (QED) is 0.828. The fourth-order valence-corrected chi connectivity index (χ4v) is 2.10. The fraction of sp³-hybridized carbons (Fsp3) is 0.300. The maximum absolute atomic E-state index is 11.8. The Kier molecular flexibility index (Phi) is 3.66. The zero-order valence-electron chi connectivity index (χ0n) is 9.39. The highest BCUT2D eigenvalue weighted by Crippen LogP contribution is 2.14. The number of carbonyl (C=O) groups is 1. The molecular weight excluding hydrogens is 228 g/mol. The molecule has 0 aromatic heterocycles. The van der Waals surface area contributed by atoms with E-state index in [9.17, 15) is 13.2 Å². The fourth-order valence-electron chi connectivity index (χ4n) is 1.15. The lowest BCUT2D eigenvalue weighted by molar-refractivity contribution is 0.0963. The Morgan fingerprint density at radius 3 is 2.44 bits per heavy atom. The minimum Gasteiger partial charge on any atom is -0.355 e. The normalized spacial score (nSPS) is 11.5. The number of nitrogens with zero attached hydrogens (tertiary/aromatic N) is 1. The van der Waals surface area contributed by atoms with Gasteiger partial charge in [-0.1, -0.05) is 6.07 Å². The van der Waals surface area contributed by atoms with Crippen LogP contribution in [0.4, 0.5) is 0 Å². The molecular formula is C10H14N2O3S. The summed E-state index contributed by atoms with van der Waals surface area (Å²) >= 11 is 0. The van der Waals surface area contributed by atoms with E-state index in [2.05, 4.69) is 5.32 Å². The molecule has 5 nitrogen and oxygen atoms in total. The van der Waals surface area contributed by atoms with Gasteiger partial charge in [-0.15, -0.1) is 0 Å². The smallest absolute Gasteiger partial charge is 0.251 e. The molecule has 0 aliphatic rings. The van der Waals surface area contributed by atoms with Gasteiger partial charge in [0, 0.05) is 26.7 Å². The second kappa shape index (κ2) is 4.63. The molecule has 0 atom stereocenters. The van der Waals surface area contributed by atoms with Gasteiger partial charge in [-0.3, -0.25) is 4.79 Å². The molecule has 1 N–H and O–H groups in total. The van der Waals surface area contributed by atoms with E-state index in [4.69, 9.17) is 0 Å². The number of rotatable bonds is 3. The number of hydrogen-bond acceptors (Lipinski definition) is 3. The van der Waals surface area contributed by atoms with Crippen LogP contribution in [0.15, 0.2) is 29.2 Å². The van der Waals surface area contributed by atoms with Crippen LogP contribution in [0.3, 0.4) is 0 Å². The van der Waals surface area contributed by atoms with Crippen molar-refractivity contribution in [2.24, 2.45) is 0 Å². The third kappa shape index (κ3) is 2.40. The van der Waals surface area contributed by atoms with Gasteiger partial charge in [0.25, 0.3) is 5.91 Å². The van der Waals surface area contributed by atoms with Gasteiger partial charge in [0.1, 0.15) is 0 Å². The van der Waals surface area contributed by atoms with Gasteiger partial charge in [-0.25, -0.2) is 12.7 Å². The third-order valence-electron chi connectivity index (χ3n) is 2.10. The maximum Gasteiger partial charge on any atom is 0.251 e. The molecule has 0 heterocycles. The van der Waals surface area contributed by atoms with Crippen molar-refractivity contribution in [3.05, 3.63) is 29.8 Å². The van der Waals surface area contributed by atoms with Gasteiger partial charge in [0.2, 0.25) is 10.0 Å². The Labute approximate surface area is 95.1 Å². The summed E-state index contributed by atoms with van der Waals surface area (Å²) in [6, 6.07) is 5.92. The van der Waals surface area contributed by atoms with Gasteiger partial charge in [-0.05, 0) is 18.2 Å². The van der Waals surface area contributed by atoms with Crippen LogP contribution in [0, 0.1) is 0 Å². The molecule has 0 bridgehead atoms. The largest absolute Gasteiger partial charge is 0.355 e. The van der Waals surface area contributed by atoms with Crippen LogP contribution in [0.5, 0.6) is 0 Å². The second-order valence-electron chi connectivity index (χ2n) is 3.39. The van der Waals surface area contributed by atoms with Gasteiger partial charge in [0.15, 0.2) is 0 Å². The first-order valence-corrected chi connectivity index (χ1v) is 6.08. The van der Waals surface area contributed by atoms with E-state index in [1.807, 2.05) is 0 Å². The summed E-state index contributed by atoms with van der Waals surface area (Å²) in [5.74, 6) is -0.309. The predicted molar refractivity (Wildman–Crippen MR) is 60.7 cm³/mol. The summed E-state index contributed by atoms with van der Waals surface area (Å²) in [6.45, 7) is 0. The van der Waals surface area contributed by atoms with Crippen LogP contribution < -0.4 is 5.32 Å². The van der Waals surface area contributed by atoms with Crippen molar-refractivity contribution >= 4 is 15.9 Å². The van der Waals surface area contributed by atoms with E-state index in [-0.39, 0.29) is 10.8 Å². The molecule has 0 saturated carbocycles. The van der Waals surface area contributed by atoms with Crippen LogP contribution in [0.2, 0.25) is 0 Å². The average Bonchev–Trinajstić information content (AvgIpc) is 2.28. The van der Waals surface area contributed by atoms with Crippen LogP contribution in [-0.2, 0) is 10.0 Å². The van der Waals surface area contributed by atoms with E-state index in [0.29, 0.717) is 5.56 Å². The van der Waals surface area contributed by atoms with Crippen LogP contribution in [0.1, 0.15) is 10.4 Å². The highest BCUT2D eigenvalue weighted by atomic mass is 32.2. The Balaban J connectivity index is 3.24. The highest BCUT2D eigenvalue weighted by molar-refractivity contribution is 7.89.